The average molecular weight is 331 g/mol. The Morgan fingerprint density at radius 2 is 2.10 bits per heavy atom. The maximum atomic E-state index is 12.4. The van der Waals surface area contributed by atoms with E-state index in [1.807, 2.05) is 12.1 Å². The molecule has 21 heavy (non-hydrogen) atoms. The summed E-state index contributed by atoms with van der Waals surface area (Å²) in [5.74, 6) is -0.964. The highest BCUT2D eigenvalue weighted by molar-refractivity contribution is 7.90. The van der Waals surface area contributed by atoms with Crippen LogP contribution < -0.4 is 4.72 Å². The molecule has 2 atom stereocenters. The lowest BCUT2D eigenvalue weighted by Gasteiger charge is -2.18. The molecule has 2 unspecified atom stereocenters. The first-order valence-electron chi connectivity index (χ1n) is 7.11. The van der Waals surface area contributed by atoms with Gasteiger partial charge in [0.1, 0.15) is 0 Å². The van der Waals surface area contributed by atoms with Crippen LogP contribution in [0.5, 0.6) is 0 Å². The van der Waals surface area contributed by atoms with Crippen LogP contribution in [0, 0.1) is 5.92 Å². The first-order valence-corrected chi connectivity index (χ1v) is 9.48. The molecule has 1 fully saturated rings. The minimum absolute atomic E-state index is 0.289. The highest BCUT2D eigenvalue weighted by Crippen LogP contribution is 2.32. The summed E-state index contributed by atoms with van der Waals surface area (Å²) in [6.07, 6.45) is 2.78. The molecule has 1 heterocycles. The van der Waals surface area contributed by atoms with Crippen molar-refractivity contribution < 1.29 is 17.9 Å². The number of carbonyl (C=O) groups excluding carboxylic acids is 1. The second-order valence-corrected chi connectivity index (χ2v) is 8.42. The number of esters is 1. The number of carbonyl (C=O) groups is 1. The summed E-state index contributed by atoms with van der Waals surface area (Å²) in [5, 5.41) is -0.671. The summed E-state index contributed by atoms with van der Waals surface area (Å²) < 4.78 is 32.1. The molecule has 0 aromatic carbocycles. The number of ether oxygens (including phenoxy) is 1. The number of hydrogen-bond donors (Lipinski definition) is 1. The molecule has 1 saturated carbocycles. The number of thiophene rings is 1. The van der Waals surface area contributed by atoms with Crippen molar-refractivity contribution in [3.63, 3.8) is 0 Å². The molecule has 1 N–H and O–H groups in total. The van der Waals surface area contributed by atoms with Crippen LogP contribution in [-0.2, 0) is 32.5 Å². The van der Waals surface area contributed by atoms with E-state index >= 15 is 0 Å². The van der Waals surface area contributed by atoms with E-state index in [1.165, 1.54) is 12.0 Å². The molecule has 118 valence electrons. The molecule has 0 amide bonds. The van der Waals surface area contributed by atoms with Gasteiger partial charge in [-0.3, -0.25) is 4.79 Å². The Kier molecular flexibility index (Phi) is 5.40. The van der Waals surface area contributed by atoms with E-state index in [4.69, 9.17) is 4.74 Å². The van der Waals surface area contributed by atoms with Crippen LogP contribution >= 0.6 is 11.3 Å². The van der Waals surface area contributed by atoms with Crippen LogP contribution in [0.3, 0.4) is 0 Å². The minimum Gasteiger partial charge on any atom is -0.469 e. The standard InChI is InChI=1S/C14H21NO4S2/c1-3-10-7-8-11(20-10)9-15-21(17,18)13-6-4-5-12(13)14(16)19-2/h7-8,12-13,15H,3-6,9H2,1-2H3. The minimum atomic E-state index is -3.50. The van der Waals surface area contributed by atoms with Crippen molar-refractivity contribution in [1.29, 1.82) is 0 Å². The van der Waals surface area contributed by atoms with Crippen molar-refractivity contribution >= 4 is 27.3 Å². The van der Waals surface area contributed by atoms with Crippen molar-refractivity contribution in [2.75, 3.05) is 7.11 Å². The van der Waals surface area contributed by atoms with Crippen molar-refractivity contribution in [3.8, 4) is 0 Å². The van der Waals surface area contributed by atoms with Crippen LogP contribution in [0.1, 0.15) is 35.9 Å². The fraction of sp³-hybridized carbons (Fsp3) is 0.643. The maximum Gasteiger partial charge on any atom is 0.310 e. The van der Waals surface area contributed by atoms with Gasteiger partial charge in [0.05, 0.1) is 18.3 Å². The Morgan fingerprint density at radius 1 is 1.38 bits per heavy atom. The fourth-order valence-electron chi connectivity index (χ4n) is 2.70. The van der Waals surface area contributed by atoms with Crippen molar-refractivity contribution in [2.24, 2.45) is 5.92 Å². The Morgan fingerprint density at radius 3 is 2.71 bits per heavy atom. The van der Waals surface area contributed by atoms with Crippen LogP contribution in [0.25, 0.3) is 0 Å². The van der Waals surface area contributed by atoms with E-state index in [-0.39, 0.29) is 6.54 Å². The Labute approximate surface area is 129 Å². The molecule has 0 spiro atoms. The van der Waals surface area contributed by atoms with Crippen LogP contribution in [0.4, 0.5) is 0 Å². The topological polar surface area (TPSA) is 72.5 Å². The zero-order valence-corrected chi connectivity index (χ0v) is 13.9. The molecule has 1 aromatic rings. The third-order valence-electron chi connectivity index (χ3n) is 3.87. The summed E-state index contributed by atoms with van der Waals surface area (Å²) in [6.45, 7) is 2.36. The van der Waals surface area contributed by atoms with Gasteiger partial charge in [-0.15, -0.1) is 11.3 Å². The van der Waals surface area contributed by atoms with E-state index in [1.54, 1.807) is 11.3 Å². The Balaban J connectivity index is 2.02. The first-order chi connectivity index (χ1) is 9.97. The number of nitrogens with one attached hydrogen (secondary N) is 1. The number of rotatable bonds is 6. The smallest absolute Gasteiger partial charge is 0.310 e. The van der Waals surface area contributed by atoms with E-state index in [0.717, 1.165) is 17.7 Å². The highest BCUT2D eigenvalue weighted by Gasteiger charge is 2.42. The predicted octanol–water partition coefficient (Wildman–Crippen LogP) is 2.07. The molecular weight excluding hydrogens is 310 g/mol. The molecule has 0 bridgehead atoms. The van der Waals surface area contributed by atoms with E-state index in [0.29, 0.717) is 12.8 Å². The molecule has 1 aliphatic rings. The summed E-state index contributed by atoms with van der Waals surface area (Å²) >= 11 is 1.61. The molecular formula is C14H21NO4S2. The van der Waals surface area contributed by atoms with Gasteiger partial charge in [0, 0.05) is 16.3 Å². The van der Waals surface area contributed by atoms with Crippen LogP contribution in [0.2, 0.25) is 0 Å². The Bertz CT molecular complexity index is 594. The number of aryl methyl sites for hydroxylation is 1. The van der Waals surface area contributed by atoms with Gasteiger partial charge in [0.2, 0.25) is 10.0 Å². The van der Waals surface area contributed by atoms with Gasteiger partial charge in [-0.1, -0.05) is 13.3 Å². The molecule has 2 rings (SSSR count). The maximum absolute atomic E-state index is 12.4. The van der Waals surface area contributed by atoms with Crippen molar-refractivity contribution in [1.82, 2.24) is 4.72 Å². The monoisotopic (exact) mass is 331 g/mol. The summed E-state index contributed by atoms with van der Waals surface area (Å²) in [7, 11) is -2.20. The third kappa shape index (κ3) is 3.84. The fourth-order valence-corrected chi connectivity index (χ4v) is 5.42. The Hall–Kier alpha value is -0.920. The van der Waals surface area contributed by atoms with Gasteiger partial charge >= 0.3 is 5.97 Å². The highest BCUT2D eigenvalue weighted by atomic mass is 32.2. The lowest BCUT2D eigenvalue weighted by atomic mass is 10.1. The lowest BCUT2D eigenvalue weighted by molar-refractivity contribution is -0.145. The number of sulfonamides is 1. The molecule has 0 aliphatic heterocycles. The van der Waals surface area contributed by atoms with E-state index in [9.17, 15) is 13.2 Å². The molecule has 1 aliphatic carbocycles. The number of hydrogen-bond acceptors (Lipinski definition) is 5. The molecule has 0 saturated heterocycles. The van der Waals surface area contributed by atoms with Crippen LogP contribution in [0.15, 0.2) is 12.1 Å². The molecule has 7 heteroatoms. The number of methoxy groups -OCH3 is 1. The lowest BCUT2D eigenvalue weighted by Crippen LogP contribution is -2.39. The summed E-state index contributed by atoms with van der Waals surface area (Å²) in [5.41, 5.74) is 0. The van der Waals surface area contributed by atoms with Gasteiger partial charge in [-0.05, 0) is 31.4 Å². The quantitative estimate of drug-likeness (QED) is 0.810. The molecule has 5 nitrogen and oxygen atoms in total. The predicted molar refractivity (Wildman–Crippen MR) is 82.6 cm³/mol. The summed E-state index contributed by atoms with van der Waals surface area (Å²) in [6, 6.07) is 3.96. The van der Waals surface area contributed by atoms with Gasteiger partial charge < -0.3 is 4.74 Å². The van der Waals surface area contributed by atoms with Crippen LogP contribution in [-0.4, -0.2) is 26.7 Å². The third-order valence-corrected chi connectivity index (χ3v) is 7.01. The zero-order valence-electron chi connectivity index (χ0n) is 12.3. The van der Waals surface area contributed by atoms with Gasteiger partial charge in [-0.25, -0.2) is 13.1 Å². The first kappa shape index (κ1) is 16.5. The largest absolute Gasteiger partial charge is 0.469 e. The van der Waals surface area contributed by atoms with Gasteiger partial charge in [0.25, 0.3) is 0 Å². The van der Waals surface area contributed by atoms with Gasteiger partial charge in [-0.2, -0.15) is 0 Å². The zero-order chi connectivity index (χ0) is 15.5. The normalized spacial score (nSPS) is 22.4. The van der Waals surface area contributed by atoms with Gasteiger partial charge in [0.15, 0.2) is 0 Å². The SMILES string of the molecule is CCc1ccc(CNS(=O)(=O)C2CCCC2C(=O)OC)s1. The average Bonchev–Trinajstić information content (AvgIpc) is 3.13. The van der Waals surface area contributed by atoms with E-state index in [2.05, 4.69) is 11.6 Å². The van der Waals surface area contributed by atoms with E-state index < -0.39 is 27.2 Å². The summed E-state index contributed by atoms with van der Waals surface area (Å²) in [4.78, 5) is 13.9. The second-order valence-electron chi connectivity index (χ2n) is 5.19. The molecule has 1 aromatic heterocycles. The van der Waals surface area contributed by atoms with Crippen molar-refractivity contribution in [3.05, 3.63) is 21.9 Å². The van der Waals surface area contributed by atoms with Crippen molar-refractivity contribution in [2.45, 2.75) is 44.4 Å². The second kappa shape index (κ2) is 6.89. The molecule has 0 radical (unpaired) electrons.